The molecule has 16 heavy (non-hydrogen) atoms. The summed E-state index contributed by atoms with van der Waals surface area (Å²) in [6, 6.07) is 7.98. The first-order valence-corrected chi connectivity index (χ1v) is 8.03. The third-order valence-corrected chi connectivity index (χ3v) is 4.51. The van der Waals surface area contributed by atoms with Gasteiger partial charge in [-0.25, -0.2) is 0 Å². The van der Waals surface area contributed by atoms with E-state index in [2.05, 4.69) is 13.5 Å². The molecule has 0 aromatic heterocycles. The summed E-state index contributed by atoms with van der Waals surface area (Å²) in [6.07, 6.45) is 0.994. The fourth-order valence-electron chi connectivity index (χ4n) is 1.32. The SMILES string of the molecule is C=C[Si](C)(OCCC)Oc1ccccc1C. The number of rotatable bonds is 6. The van der Waals surface area contributed by atoms with Crippen LogP contribution in [0, 0.1) is 6.92 Å². The standard InChI is InChI=1S/C13H20O2Si/c1-5-11-14-16(4,6-2)15-13-10-8-7-9-12(13)3/h6-10H,2,5,11H2,1,3-4H3. The molecule has 1 aromatic rings. The van der Waals surface area contributed by atoms with E-state index in [0.29, 0.717) is 0 Å². The molecule has 0 saturated heterocycles. The maximum absolute atomic E-state index is 5.98. The topological polar surface area (TPSA) is 18.5 Å². The zero-order valence-corrected chi connectivity index (χ0v) is 11.3. The molecule has 0 saturated carbocycles. The summed E-state index contributed by atoms with van der Waals surface area (Å²) >= 11 is 0. The van der Waals surface area contributed by atoms with Crippen LogP contribution in [0.2, 0.25) is 6.55 Å². The van der Waals surface area contributed by atoms with Gasteiger partial charge in [0.25, 0.3) is 0 Å². The summed E-state index contributed by atoms with van der Waals surface area (Å²) in [5.74, 6) is 0.896. The van der Waals surface area contributed by atoms with Gasteiger partial charge in [-0.3, -0.25) is 0 Å². The summed E-state index contributed by atoms with van der Waals surface area (Å²) in [5, 5.41) is 0. The summed E-state index contributed by atoms with van der Waals surface area (Å²) in [6.45, 7) is 10.7. The maximum Gasteiger partial charge on any atom is 0.422 e. The zero-order valence-electron chi connectivity index (χ0n) is 10.3. The van der Waals surface area contributed by atoms with E-state index in [1.165, 1.54) is 0 Å². The van der Waals surface area contributed by atoms with Crippen molar-refractivity contribution in [1.29, 1.82) is 0 Å². The first kappa shape index (κ1) is 13.0. The highest BCUT2D eigenvalue weighted by molar-refractivity contribution is 6.71. The van der Waals surface area contributed by atoms with Crippen molar-refractivity contribution in [2.45, 2.75) is 26.8 Å². The average molecular weight is 236 g/mol. The molecule has 0 aliphatic carbocycles. The van der Waals surface area contributed by atoms with E-state index in [-0.39, 0.29) is 0 Å². The van der Waals surface area contributed by atoms with E-state index in [1.54, 1.807) is 0 Å². The second-order valence-electron chi connectivity index (χ2n) is 3.94. The Bertz CT molecular complexity index is 352. The minimum absolute atomic E-state index is 0.723. The van der Waals surface area contributed by atoms with Crippen molar-refractivity contribution in [3.8, 4) is 5.75 Å². The third-order valence-electron chi connectivity index (χ3n) is 2.37. The van der Waals surface area contributed by atoms with Gasteiger partial charge in [0.2, 0.25) is 0 Å². The molecular weight excluding hydrogens is 216 g/mol. The van der Waals surface area contributed by atoms with E-state index in [4.69, 9.17) is 8.85 Å². The van der Waals surface area contributed by atoms with Gasteiger partial charge in [-0.15, -0.1) is 6.58 Å². The molecular formula is C13H20O2Si. The fourth-order valence-corrected chi connectivity index (χ4v) is 2.86. The molecule has 0 N–H and O–H groups in total. The van der Waals surface area contributed by atoms with Crippen LogP contribution in [0.25, 0.3) is 0 Å². The van der Waals surface area contributed by atoms with Gasteiger partial charge in [-0.1, -0.05) is 25.1 Å². The molecule has 0 heterocycles. The molecule has 0 amide bonds. The van der Waals surface area contributed by atoms with Crippen molar-refractivity contribution >= 4 is 8.56 Å². The molecule has 1 unspecified atom stereocenters. The number of hydrogen-bond donors (Lipinski definition) is 0. The lowest BCUT2D eigenvalue weighted by Gasteiger charge is -2.25. The Balaban J connectivity index is 2.76. The Morgan fingerprint density at radius 1 is 1.38 bits per heavy atom. The van der Waals surface area contributed by atoms with Crippen molar-refractivity contribution in [1.82, 2.24) is 0 Å². The van der Waals surface area contributed by atoms with Crippen molar-refractivity contribution in [2.75, 3.05) is 6.61 Å². The van der Waals surface area contributed by atoms with Gasteiger partial charge < -0.3 is 8.85 Å². The highest BCUT2D eigenvalue weighted by atomic mass is 28.4. The molecule has 1 aromatic carbocycles. The number of benzene rings is 1. The molecule has 1 atom stereocenters. The van der Waals surface area contributed by atoms with E-state index in [9.17, 15) is 0 Å². The van der Waals surface area contributed by atoms with Crippen LogP contribution >= 0.6 is 0 Å². The Kier molecular flexibility index (Phi) is 4.77. The predicted octanol–water partition coefficient (Wildman–Crippen LogP) is 3.60. The highest BCUT2D eigenvalue weighted by Crippen LogP contribution is 2.21. The normalized spacial score (nSPS) is 14.2. The summed E-state index contributed by atoms with van der Waals surface area (Å²) in [7, 11) is -2.25. The van der Waals surface area contributed by atoms with Crippen LogP contribution in [0.3, 0.4) is 0 Å². The zero-order chi connectivity index (χ0) is 12.0. The van der Waals surface area contributed by atoms with Gasteiger partial charge in [0.05, 0.1) is 0 Å². The Hall–Kier alpha value is -1.06. The minimum Gasteiger partial charge on any atom is -0.517 e. The lowest BCUT2D eigenvalue weighted by Crippen LogP contribution is -2.40. The van der Waals surface area contributed by atoms with Gasteiger partial charge in [0.1, 0.15) is 5.75 Å². The van der Waals surface area contributed by atoms with Gasteiger partial charge in [-0.05, 0) is 37.2 Å². The lowest BCUT2D eigenvalue weighted by atomic mass is 10.2. The highest BCUT2D eigenvalue weighted by Gasteiger charge is 2.29. The molecule has 0 aliphatic rings. The molecule has 88 valence electrons. The summed E-state index contributed by atoms with van der Waals surface area (Å²) in [4.78, 5) is 0. The van der Waals surface area contributed by atoms with Crippen molar-refractivity contribution in [3.05, 3.63) is 42.1 Å². The van der Waals surface area contributed by atoms with Crippen LogP contribution in [0.4, 0.5) is 0 Å². The number of hydrogen-bond acceptors (Lipinski definition) is 2. The first-order valence-electron chi connectivity index (χ1n) is 5.63. The molecule has 1 rings (SSSR count). The van der Waals surface area contributed by atoms with Gasteiger partial charge in [0.15, 0.2) is 0 Å². The molecule has 0 radical (unpaired) electrons. The third kappa shape index (κ3) is 3.50. The quantitative estimate of drug-likeness (QED) is 0.703. The summed E-state index contributed by atoms with van der Waals surface area (Å²) < 4.78 is 11.8. The largest absolute Gasteiger partial charge is 0.517 e. The van der Waals surface area contributed by atoms with E-state index >= 15 is 0 Å². The second kappa shape index (κ2) is 5.87. The van der Waals surface area contributed by atoms with Crippen molar-refractivity contribution in [3.63, 3.8) is 0 Å². The molecule has 2 nitrogen and oxygen atoms in total. The molecule has 0 fully saturated rings. The molecule has 0 spiro atoms. The van der Waals surface area contributed by atoms with Crippen LogP contribution in [-0.2, 0) is 4.43 Å². The van der Waals surface area contributed by atoms with Crippen molar-refractivity contribution < 1.29 is 8.85 Å². The monoisotopic (exact) mass is 236 g/mol. The Labute approximate surface area is 99.2 Å². The Morgan fingerprint density at radius 2 is 2.06 bits per heavy atom. The van der Waals surface area contributed by atoms with Gasteiger partial charge >= 0.3 is 8.56 Å². The lowest BCUT2D eigenvalue weighted by molar-refractivity contribution is 0.253. The predicted molar refractivity (Wildman–Crippen MR) is 69.9 cm³/mol. The Morgan fingerprint density at radius 3 is 2.62 bits per heavy atom. The van der Waals surface area contributed by atoms with Crippen LogP contribution in [0.5, 0.6) is 5.75 Å². The molecule has 0 bridgehead atoms. The van der Waals surface area contributed by atoms with Crippen LogP contribution in [0.1, 0.15) is 18.9 Å². The number of aryl methyl sites for hydroxylation is 1. The minimum atomic E-state index is -2.25. The molecule has 0 aliphatic heterocycles. The van der Waals surface area contributed by atoms with Crippen molar-refractivity contribution in [2.24, 2.45) is 0 Å². The number of para-hydroxylation sites is 1. The van der Waals surface area contributed by atoms with E-state index in [0.717, 1.165) is 24.3 Å². The van der Waals surface area contributed by atoms with E-state index in [1.807, 2.05) is 43.4 Å². The first-order chi connectivity index (χ1) is 7.61. The van der Waals surface area contributed by atoms with Crippen LogP contribution in [0.15, 0.2) is 36.5 Å². The second-order valence-corrected chi connectivity index (χ2v) is 6.87. The summed E-state index contributed by atoms with van der Waals surface area (Å²) in [5.41, 5.74) is 2.96. The van der Waals surface area contributed by atoms with Gasteiger partial charge in [0, 0.05) is 6.61 Å². The average Bonchev–Trinajstić information content (AvgIpc) is 2.30. The van der Waals surface area contributed by atoms with Gasteiger partial charge in [-0.2, -0.15) is 0 Å². The maximum atomic E-state index is 5.98. The molecule has 3 heteroatoms. The van der Waals surface area contributed by atoms with Crippen LogP contribution < -0.4 is 4.43 Å². The van der Waals surface area contributed by atoms with Crippen LogP contribution in [-0.4, -0.2) is 15.2 Å². The smallest absolute Gasteiger partial charge is 0.422 e. The van der Waals surface area contributed by atoms with E-state index < -0.39 is 8.56 Å². The fraction of sp³-hybridized carbons (Fsp3) is 0.385.